The fraction of sp³-hybridized carbons (Fsp3) is 0.294. The van der Waals surface area contributed by atoms with Gasteiger partial charge in [-0.3, -0.25) is 0 Å². The molecule has 100 valence electrons. The van der Waals surface area contributed by atoms with E-state index in [1.165, 1.54) is 32.3 Å². The van der Waals surface area contributed by atoms with E-state index in [0.29, 0.717) is 4.83 Å². The van der Waals surface area contributed by atoms with E-state index in [0.717, 1.165) is 6.42 Å². The van der Waals surface area contributed by atoms with Gasteiger partial charge in [0.25, 0.3) is 0 Å². The summed E-state index contributed by atoms with van der Waals surface area (Å²) in [6.45, 7) is 6.46. The molecule has 0 aliphatic rings. The van der Waals surface area contributed by atoms with Gasteiger partial charge < -0.3 is 0 Å². The number of alkyl halides is 1. The summed E-state index contributed by atoms with van der Waals surface area (Å²) >= 11 is 7.53. The molecule has 2 rings (SSSR count). The van der Waals surface area contributed by atoms with Crippen molar-refractivity contribution in [3.05, 3.63) is 68.7 Å². The highest BCUT2D eigenvalue weighted by Crippen LogP contribution is 2.34. The topological polar surface area (TPSA) is 0 Å². The molecule has 0 radical (unpaired) electrons. The van der Waals surface area contributed by atoms with Crippen molar-refractivity contribution in [1.82, 2.24) is 0 Å². The van der Waals surface area contributed by atoms with Gasteiger partial charge in [0.2, 0.25) is 0 Å². The summed E-state index contributed by atoms with van der Waals surface area (Å²) in [6, 6.07) is 13.1. The average molecular weight is 382 g/mol. The van der Waals surface area contributed by atoms with Gasteiger partial charge in [0.15, 0.2) is 0 Å². The first-order chi connectivity index (χ1) is 8.99. The molecule has 0 N–H and O–H groups in total. The zero-order chi connectivity index (χ0) is 14.0. The maximum atomic E-state index is 3.84. The summed E-state index contributed by atoms with van der Waals surface area (Å²) in [6.07, 6.45) is 1.01. The summed E-state index contributed by atoms with van der Waals surface area (Å²) in [5, 5.41) is 0. The van der Waals surface area contributed by atoms with Crippen LogP contribution in [-0.2, 0) is 6.42 Å². The summed E-state index contributed by atoms with van der Waals surface area (Å²) in [7, 11) is 0. The van der Waals surface area contributed by atoms with Gasteiger partial charge in [0.05, 0.1) is 0 Å². The van der Waals surface area contributed by atoms with Gasteiger partial charge in [-0.15, -0.1) is 0 Å². The quantitative estimate of drug-likeness (QED) is 0.567. The molecule has 0 aromatic heterocycles. The number of benzene rings is 2. The van der Waals surface area contributed by atoms with Crippen molar-refractivity contribution < 1.29 is 0 Å². The van der Waals surface area contributed by atoms with Crippen LogP contribution in [0.1, 0.15) is 32.6 Å². The molecule has 19 heavy (non-hydrogen) atoms. The van der Waals surface area contributed by atoms with Crippen LogP contribution in [0.15, 0.2) is 40.9 Å². The molecule has 2 aromatic carbocycles. The summed E-state index contributed by atoms with van der Waals surface area (Å²) in [4.78, 5) is 0.335. The van der Waals surface area contributed by atoms with E-state index in [-0.39, 0.29) is 0 Å². The monoisotopic (exact) mass is 380 g/mol. The highest BCUT2D eigenvalue weighted by molar-refractivity contribution is 9.11. The second-order valence-corrected chi connectivity index (χ2v) is 6.98. The van der Waals surface area contributed by atoms with Gasteiger partial charge in [-0.25, -0.2) is 0 Å². The van der Waals surface area contributed by atoms with Crippen LogP contribution in [0, 0.1) is 20.8 Å². The van der Waals surface area contributed by atoms with E-state index in [9.17, 15) is 0 Å². The highest BCUT2D eigenvalue weighted by Gasteiger charge is 2.14. The lowest BCUT2D eigenvalue weighted by Gasteiger charge is -2.15. The molecule has 2 heteroatoms. The van der Waals surface area contributed by atoms with Crippen LogP contribution >= 0.6 is 31.9 Å². The summed E-state index contributed by atoms with van der Waals surface area (Å²) in [5.41, 5.74) is 6.70. The predicted octanol–water partition coefficient (Wildman–Crippen LogP) is 6.05. The van der Waals surface area contributed by atoms with Gasteiger partial charge in [-0.1, -0.05) is 73.8 Å². The van der Waals surface area contributed by atoms with Crippen LogP contribution in [0.4, 0.5) is 0 Å². The minimum atomic E-state index is 0.335. The Hall–Kier alpha value is -0.600. The second-order valence-electron chi connectivity index (χ2n) is 5.08. The standard InChI is InChI=1S/C17H18Br2/c1-11-7-8-12(2)14(9-11)10-16(18)15-6-4-5-13(3)17(15)19/h4-9,16H,10H2,1-3H3. The fourth-order valence-electron chi connectivity index (χ4n) is 2.24. The number of halogens is 2. The van der Waals surface area contributed by atoms with Crippen molar-refractivity contribution in [2.24, 2.45) is 0 Å². The first-order valence-electron chi connectivity index (χ1n) is 6.44. The lowest BCUT2D eigenvalue weighted by molar-refractivity contribution is 0.929. The van der Waals surface area contributed by atoms with Crippen molar-refractivity contribution in [3.8, 4) is 0 Å². The molecule has 0 heterocycles. The lowest BCUT2D eigenvalue weighted by atomic mass is 9.98. The van der Waals surface area contributed by atoms with E-state index in [1.54, 1.807) is 0 Å². The van der Waals surface area contributed by atoms with E-state index in [2.05, 4.69) is 89.0 Å². The molecule has 0 aliphatic carbocycles. The van der Waals surface area contributed by atoms with Crippen molar-refractivity contribution in [2.75, 3.05) is 0 Å². The molecular weight excluding hydrogens is 364 g/mol. The molecule has 0 bridgehead atoms. The molecular formula is C17H18Br2. The normalized spacial score (nSPS) is 12.5. The van der Waals surface area contributed by atoms with E-state index < -0.39 is 0 Å². The van der Waals surface area contributed by atoms with Gasteiger partial charge in [0.1, 0.15) is 0 Å². The Morgan fingerprint density at radius 1 is 1.00 bits per heavy atom. The smallest absolute Gasteiger partial charge is 0.0446 e. The van der Waals surface area contributed by atoms with E-state index in [1.807, 2.05) is 0 Å². The van der Waals surface area contributed by atoms with Crippen molar-refractivity contribution in [3.63, 3.8) is 0 Å². The zero-order valence-electron chi connectivity index (χ0n) is 11.5. The number of rotatable bonds is 3. The van der Waals surface area contributed by atoms with Crippen LogP contribution in [0.5, 0.6) is 0 Å². The van der Waals surface area contributed by atoms with Gasteiger partial charge in [0, 0.05) is 9.30 Å². The summed E-state index contributed by atoms with van der Waals surface area (Å²) in [5.74, 6) is 0. The van der Waals surface area contributed by atoms with Crippen LogP contribution in [0.25, 0.3) is 0 Å². The van der Waals surface area contributed by atoms with E-state index in [4.69, 9.17) is 0 Å². The molecule has 0 saturated heterocycles. The Labute approximate surface area is 132 Å². The number of hydrogen-bond acceptors (Lipinski definition) is 0. The zero-order valence-corrected chi connectivity index (χ0v) is 14.7. The first kappa shape index (κ1) is 14.8. The molecule has 0 nitrogen and oxygen atoms in total. The third kappa shape index (κ3) is 3.49. The Bertz CT molecular complexity index is 588. The summed E-state index contributed by atoms with van der Waals surface area (Å²) < 4.78 is 1.21. The predicted molar refractivity (Wildman–Crippen MR) is 90.2 cm³/mol. The largest absolute Gasteiger partial charge is 0.0835 e. The first-order valence-corrected chi connectivity index (χ1v) is 8.15. The lowest BCUT2D eigenvalue weighted by Crippen LogP contribution is -2.00. The Morgan fingerprint density at radius 2 is 1.74 bits per heavy atom. The number of hydrogen-bond donors (Lipinski definition) is 0. The van der Waals surface area contributed by atoms with Crippen LogP contribution in [0.3, 0.4) is 0 Å². The fourth-order valence-corrected chi connectivity index (χ4v) is 3.81. The molecule has 0 saturated carbocycles. The molecule has 0 fully saturated rings. The van der Waals surface area contributed by atoms with E-state index >= 15 is 0 Å². The molecule has 2 aromatic rings. The molecule has 0 spiro atoms. The molecule has 1 atom stereocenters. The molecule has 0 amide bonds. The van der Waals surface area contributed by atoms with Crippen molar-refractivity contribution in [1.29, 1.82) is 0 Å². The van der Waals surface area contributed by atoms with Gasteiger partial charge in [-0.05, 0) is 49.4 Å². The highest BCUT2D eigenvalue weighted by atomic mass is 79.9. The average Bonchev–Trinajstić information content (AvgIpc) is 2.37. The number of aryl methyl sites for hydroxylation is 3. The van der Waals surface area contributed by atoms with Crippen LogP contribution < -0.4 is 0 Å². The third-order valence-electron chi connectivity index (χ3n) is 3.46. The molecule has 1 unspecified atom stereocenters. The van der Waals surface area contributed by atoms with Gasteiger partial charge >= 0.3 is 0 Å². The second kappa shape index (κ2) is 6.23. The minimum absolute atomic E-state index is 0.335. The third-order valence-corrected chi connectivity index (χ3v) is 5.36. The Balaban J connectivity index is 2.28. The molecule has 0 aliphatic heterocycles. The van der Waals surface area contributed by atoms with Crippen LogP contribution in [-0.4, -0.2) is 0 Å². The Morgan fingerprint density at radius 3 is 2.47 bits per heavy atom. The van der Waals surface area contributed by atoms with Crippen molar-refractivity contribution in [2.45, 2.75) is 32.0 Å². The Kier molecular flexibility index (Phi) is 4.86. The van der Waals surface area contributed by atoms with Gasteiger partial charge in [-0.2, -0.15) is 0 Å². The minimum Gasteiger partial charge on any atom is -0.0835 e. The van der Waals surface area contributed by atoms with Crippen molar-refractivity contribution >= 4 is 31.9 Å². The SMILES string of the molecule is Cc1ccc(C)c(CC(Br)c2cccc(C)c2Br)c1. The maximum absolute atomic E-state index is 3.84. The maximum Gasteiger partial charge on any atom is 0.0446 e. The van der Waals surface area contributed by atoms with Crippen LogP contribution in [0.2, 0.25) is 0 Å².